The summed E-state index contributed by atoms with van der Waals surface area (Å²) in [6.45, 7) is 2.60. The SMILES string of the molecule is O=[N+]([O-])c1ccc(NCC2=CCNCC2)c(Cl)c1. The average molecular weight is 268 g/mol. The molecule has 0 amide bonds. The summed E-state index contributed by atoms with van der Waals surface area (Å²) < 4.78 is 0. The molecule has 0 unspecified atom stereocenters. The van der Waals surface area contributed by atoms with Crippen LogP contribution in [-0.2, 0) is 0 Å². The number of anilines is 1. The molecule has 0 aromatic heterocycles. The van der Waals surface area contributed by atoms with Gasteiger partial charge in [0.25, 0.3) is 5.69 Å². The summed E-state index contributed by atoms with van der Waals surface area (Å²) in [4.78, 5) is 10.1. The number of nitro benzene ring substituents is 1. The highest BCUT2D eigenvalue weighted by molar-refractivity contribution is 6.33. The van der Waals surface area contributed by atoms with Gasteiger partial charge in [-0.1, -0.05) is 23.3 Å². The van der Waals surface area contributed by atoms with Crippen LogP contribution in [0.5, 0.6) is 0 Å². The Morgan fingerprint density at radius 3 is 2.94 bits per heavy atom. The second-order valence-corrected chi connectivity index (χ2v) is 4.50. The highest BCUT2D eigenvalue weighted by atomic mass is 35.5. The number of hydrogen-bond donors (Lipinski definition) is 2. The van der Waals surface area contributed by atoms with E-state index in [-0.39, 0.29) is 5.69 Å². The molecule has 0 saturated carbocycles. The fourth-order valence-corrected chi connectivity index (χ4v) is 2.04. The third kappa shape index (κ3) is 3.21. The van der Waals surface area contributed by atoms with E-state index >= 15 is 0 Å². The second-order valence-electron chi connectivity index (χ2n) is 4.09. The minimum absolute atomic E-state index is 0.00614. The molecule has 0 bridgehead atoms. The predicted molar refractivity (Wildman–Crippen MR) is 72.2 cm³/mol. The van der Waals surface area contributed by atoms with E-state index in [4.69, 9.17) is 11.6 Å². The molecule has 0 radical (unpaired) electrons. The van der Waals surface area contributed by atoms with Gasteiger partial charge in [-0.15, -0.1) is 0 Å². The van der Waals surface area contributed by atoms with Crippen molar-refractivity contribution in [2.24, 2.45) is 0 Å². The summed E-state index contributed by atoms with van der Waals surface area (Å²) in [6, 6.07) is 4.45. The summed E-state index contributed by atoms with van der Waals surface area (Å²) in [7, 11) is 0. The highest BCUT2D eigenvalue weighted by Crippen LogP contribution is 2.26. The molecule has 2 N–H and O–H groups in total. The normalized spacial score (nSPS) is 15.1. The van der Waals surface area contributed by atoms with Crippen LogP contribution in [0.25, 0.3) is 0 Å². The van der Waals surface area contributed by atoms with Gasteiger partial charge in [0.1, 0.15) is 0 Å². The molecule has 0 saturated heterocycles. The van der Waals surface area contributed by atoms with Crippen molar-refractivity contribution in [3.8, 4) is 0 Å². The fraction of sp³-hybridized carbons (Fsp3) is 0.333. The molecular weight excluding hydrogens is 254 g/mol. The van der Waals surface area contributed by atoms with Crippen LogP contribution in [0, 0.1) is 10.1 Å². The van der Waals surface area contributed by atoms with Crippen molar-refractivity contribution in [2.75, 3.05) is 25.0 Å². The third-order valence-corrected chi connectivity index (χ3v) is 3.14. The Labute approximate surface area is 110 Å². The minimum atomic E-state index is -0.453. The van der Waals surface area contributed by atoms with E-state index in [0.29, 0.717) is 5.02 Å². The molecule has 1 aromatic rings. The number of rotatable bonds is 4. The predicted octanol–water partition coefficient (Wildman–Crippen LogP) is 2.58. The van der Waals surface area contributed by atoms with Crippen molar-refractivity contribution in [1.29, 1.82) is 0 Å². The van der Waals surface area contributed by atoms with Crippen LogP contribution in [-0.4, -0.2) is 24.6 Å². The number of non-ortho nitro benzene ring substituents is 1. The van der Waals surface area contributed by atoms with Crippen molar-refractivity contribution in [1.82, 2.24) is 5.32 Å². The van der Waals surface area contributed by atoms with Gasteiger partial charge in [-0.25, -0.2) is 0 Å². The molecule has 0 atom stereocenters. The Kier molecular flexibility index (Phi) is 4.17. The smallest absolute Gasteiger partial charge is 0.271 e. The first kappa shape index (κ1) is 12.9. The van der Waals surface area contributed by atoms with E-state index in [1.807, 2.05) is 0 Å². The van der Waals surface area contributed by atoms with Gasteiger partial charge >= 0.3 is 0 Å². The Morgan fingerprint density at radius 1 is 1.50 bits per heavy atom. The van der Waals surface area contributed by atoms with Gasteiger partial charge in [-0.05, 0) is 19.0 Å². The molecule has 5 nitrogen and oxygen atoms in total. The largest absolute Gasteiger partial charge is 0.380 e. The van der Waals surface area contributed by atoms with Crippen LogP contribution in [0.1, 0.15) is 6.42 Å². The maximum Gasteiger partial charge on any atom is 0.271 e. The molecule has 1 aliphatic rings. The van der Waals surface area contributed by atoms with E-state index in [9.17, 15) is 10.1 Å². The maximum absolute atomic E-state index is 10.6. The van der Waals surface area contributed by atoms with Crippen molar-refractivity contribution in [3.05, 3.63) is 45.0 Å². The molecule has 1 aromatic carbocycles. The van der Waals surface area contributed by atoms with Crippen molar-refractivity contribution < 1.29 is 4.92 Å². The van der Waals surface area contributed by atoms with E-state index in [1.54, 1.807) is 6.07 Å². The highest BCUT2D eigenvalue weighted by Gasteiger charge is 2.09. The van der Waals surface area contributed by atoms with E-state index < -0.39 is 4.92 Å². The van der Waals surface area contributed by atoms with Crippen LogP contribution >= 0.6 is 11.6 Å². The van der Waals surface area contributed by atoms with Crippen molar-refractivity contribution >= 4 is 23.0 Å². The summed E-state index contributed by atoms with van der Waals surface area (Å²) in [5.74, 6) is 0. The lowest BCUT2D eigenvalue weighted by Gasteiger charge is -2.15. The molecule has 0 fully saturated rings. The van der Waals surface area contributed by atoms with Gasteiger partial charge in [0.05, 0.1) is 15.6 Å². The Bertz CT molecular complexity index is 488. The maximum atomic E-state index is 10.6. The molecular formula is C12H14ClN3O2. The van der Waals surface area contributed by atoms with Crippen LogP contribution < -0.4 is 10.6 Å². The minimum Gasteiger partial charge on any atom is -0.380 e. The first-order valence-electron chi connectivity index (χ1n) is 5.73. The fourth-order valence-electron chi connectivity index (χ4n) is 1.80. The first-order chi connectivity index (χ1) is 8.66. The summed E-state index contributed by atoms with van der Waals surface area (Å²) >= 11 is 5.99. The zero-order valence-electron chi connectivity index (χ0n) is 9.78. The molecule has 18 heavy (non-hydrogen) atoms. The van der Waals surface area contributed by atoms with Gasteiger partial charge in [0.15, 0.2) is 0 Å². The number of halogens is 1. The lowest BCUT2D eigenvalue weighted by atomic mass is 10.1. The van der Waals surface area contributed by atoms with Crippen LogP contribution in [0.15, 0.2) is 29.8 Å². The van der Waals surface area contributed by atoms with Crippen LogP contribution in [0.2, 0.25) is 5.02 Å². The van der Waals surface area contributed by atoms with Gasteiger partial charge in [0, 0.05) is 25.2 Å². The van der Waals surface area contributed by atoms with E-state index in [2.05, 4.69) is 16.7 Å². The second kappa shape index (κ2) is 5.84. The van der Waals surface area contributed by atoms with Crippen molar-refractivity contribution in [3.63, 3.8) is 0 Å². The topological polar surface area (TPSA) is 67.2 Å². The first-order valence-corrected chi connectivity index (χ1v) is 6.11. The average Bonchev–Trinajstić information content (AvgIpc) is 2.38. The summed E-state index contributed by atoms with van der Waals surface area (Å²) in [5.41, 5.74) is 2.05. The number of benzene rings is 1. The number of nitro groups is 1. The standard InChI is InChI=1S/C12H14ClN3O2/c13-11-7-10(16(17)18)1-2-12(11)15-8-9-3-5-14-6-4-9/h1-3,7,14-15H,4-6,8H2. The zero-order valence-corrected chi connectivity index (χ0v) is 10.5. The number of nitrogens with one attached hydrogen (secondary N) is 2. The molecule has 1 aliphatic heterocycles. The van der Waals surface area contributed by atoms with Crippen LogP contribution in [0.3, 0.4) is 0 Å². The monoisotopic (exact) mass is 267 g/mol. The zero-order chi connectivity index (χ0) is 13.0. The van der Waals surface area contributed by atoms with E-state index in [0.717, 1.165) is 31.7 Å². The molecule has 0 spiro atoms. The quantitative estimate of drug-likeness (QED) is 0.500. The number of hydrogen-bond acceptors (Lipinski definition) is 4. The lowest BCUT2D eigenvalue weighted by Crippen LogP contribution is -2.23. The molecule has 1 heterocycles. The lowest BCUT2D eigenvalue weighted by molar-refractivity contribution is -0.384. The van der Waals surface area contributed by atoms with Gasteiger partial charge in [0.2, 0.25) is 0 Å². The summed E-state index contributed by atoms with van der Waals surface area (Å²) in [6.07, 6.45) is 3.16. The molecule has 0 aliphatic carbocycles. The number of nitrogens with zero attached hydrogens (tertiary/aromatic N) is 1. The van der Waals surface area contributed by atoms with Crippen molar-refractivity contribution in [2.45, 2.75) is 6.42 Å². The Morgan fingerprint density at radius 2 is 2.33 bits per heavy atom. The Hall–Kier alpha value is -1.59. The van der Waals surface area contributed by atoms with Crippen LogP contribution in [0.4, 0.5) is 11.4 Å². The molecule has 2 rings (SSSR count). The third-order valence-electron chi connectivity index (χ3n) is 2.83. The van der Waals surface area contributed by atoms with E-state index in [1.165, 1.54) is 17.7 Å². The Balaban J connectivity index is 2.01. The van der Waals surface area contributed by atoms with Gasteiger partial charge in [-0.3, -0.25) is 10.1 Å². The van der Waals surface area contributed by atoms with Gasteiger partial charge in [-0.2, -0.15) is 0 Å². The van der Waals surface area contributed by atoms with Gasteiger partial charge < -0.3 is 10.6 Å². The summed E-state index contributed by atoms with van der Waals surface area (Å²) in [5, 5.41) is 17.4. The molecule has 6 heteroatoms. The molecule has 96 valence electrons.